The molecule has 106 valence electrons. The van der Waals surface area contributed by atoms with Gasteiger partial charge in [0.25, 0.3) is 0 Å². The Hall–Kier alpha value is -1.83. The van der Waals surface area contributed by atoms with Gasteiger partial charge in [0, 0.05) is 5.56 Å². The van der Waals surface area contributed by atoms with Crippen LogP contribution in [0.4, 0.5) is 0 Å². The molecule has 0 fully saturated rings. The summed E-state index contributed by atoms with van der Waals surface area (Å²) in [5, 5.41) is 2.04. The number of carbonyl (C=O) groups is 1. The lowest BCUT2D eigenvalue weighted by Crippen LogP contribution is -1.97. The standard InChI is InChI=1S/C18H22O2/c1-2-3-4-5-6-12-20-17-11-10-15-8-7-9-16(14-19)18(15)13-17/h7-11,13-14H,2-6,12H2,1H3. The minimum atomic E-state index is 0.718. The Morgan fingerprint density at radius 3 is 2.70 bits per heavy atom. The Bertz CT molecular complexity index is 560. The number of carbonyl (C=O) groups excluding carboxylic acids is 1. The van der Waals surface area contributed by atoms with E-state index >= 15 is 0 Å². The van der Waals surface area contributed by atoms with Gasteiger partial charge in [-0.2, -0.15) is 0 Å². The van der Waals surface area contributed by atoms with Crippen molar-refractivity contribution in [3.63, 3.8) is 0 Å². The molecule has 0 aliphatic heterocycles. The normalized spacial score (nSPS) is 10.7. The van der Waals surface area contributed by atoms with Crippen molar-refractivity contribution in [2.75, 3.05) is 6.61 Å². The van der Waals surface area contributed by atoms with Gasteiger partial charge in [-0.3, -0.25) is 4.79 Å². The molecule has 0 amide bonds. The molecule has 0 radical (unpaired) electrons. The highest BCUT2D eigenvalue weighted by molar-refractivity contribution is 5.98. The minimum absolute atomic E-state index is 0.718. The molecule has 0 saturated heterocycles. The Morgan fingerprint density at radius 1 is 1.05 bits per heavy atom. The molecule has 0 unspecified atom stereocenters. The summed E-state index contributed by atoms with van der Waals surface area (Å²) in [6, 6.07) is 11.7. The largest absolute Gasteiger partial charge is 0.494 e. The van der Waals surface area contributed by atoms with Gasteiger partial charge in [-0.05, 0) is 29.3 Å². The first kappa shape index (κ1) is 14.6. The van der Waals surface area contributed by atoms with E-state index in [0.717, 1.165) is 41.4 Å². The quantitative estimate of drug-likeness (QED) is 0.498. The van der Waals surface area contributed by atoms with Crippen molar-refractivity contribution < 1.29 is 9.53 Å². The van der Waals surface area contributed by atoms with Crippen LogP contribution < -0.4 is 4.74 Å². The zero-order valence-electron chi connectivity index (χ0n) is 12.1. The third-order valence-electron chi connectivity index (χ3n) is 3.53. The predicted octanol–water partition coefficient (Wildman–Crippen LogP) is 5.00. The highest BCUT2D eigenvalue weighted by atomic mass is 16.5. The van der Waals surface area contributed by atoms with Crippen LogP contribution in [0.5, 0.6) is 5.75 Å². The number of aldehydes is 1. The van der Waals surface area contributed by atoms with Crippen LogP contribution in [0.2, 0.25) is 0 Å². The van der Waals surface area contributed by atoms with Gasteiger partial charge in [-0.1, -0.05) is 56.9 Å². The third-order valence-corrected chi connectivity index (χ3v) is 3.53. The van der Waals surface area contributed by atoms with Crippen LogP contribution in [0.15, 0.2) is 36.4 Å². The molecule has 0 aromatic heterocycles. The maximum absolute atomic E-state index is 11.1. The van der Waals surface area contributed by atoms with Gasteiger partial charge in [-0.25, -0.2) is 0 Å². The van der Waals surface area contributed by atoms with Gasteiger partial charge < -0.3 is 4.74 Å². The third kappa shape index (κ3) is 3.83. The second-order valence-electron chi connectivity index (χ2n) is 5.11. The lowest BCUT2D eigenvalue weighted by molar-refractivity contribution is 0.112. The lowest BCUT2D eigenvalue weighted by Gasteiger charge is -2.08. The Kier molecular flexibility index (Phi) is 5.60. The summed E-state index contributed by atoms with van der Waals surface area (Å²) < 4.78 is 5.78. The van der Waals surface area contributed by atoms with Crippen molar-refractivity contribution in [3.8, 4) is 5.75 Å². The Balaban J connectivity index is 1.95. The fourth-order valence-electron chi connectivity index (χ4n) is 2.36. The summed E-state index contributed by atoms with van der Waals surface area (Å²) >= 11 is 0. The number of hydrogen-bond donors (Lipinski definition) is 0. The SMILES string of the molecule is CCCCCCCOc1ccc2cccc(C=O)c2c1. The smallest absolute Gasteiger partial charge is 0.150 e. The highest BCUT2D eigenvalue weighted by Crippen LogP contribution is 2.23. The molecular formula is C18H22O2. The van der Waals surface area contributed by atoms with Gasteiger partial charge in [0.05, 0.1) is 6.61 Å². The summed E-state index contributed by atoms with van der Waals surface area (Å²) in [5.41, 5.74) is 0.718. The van der Waals surface area contributed by atoms with Crippen molar-refractivity contribution in [2.45, 2.75) is 39.0 Å². The fraction of sp³-hybridized carbons (Fsp3) is 0.389. The first-order valence-corrected chi connectivity index (χ1v) is 7.46. The zero-order valence-corrected chi connectivity index (χ0v) is 12.1. The van der Waals surface area contributed by atoms with Crippen LogP contribution in [0.3, 0.4) is 0 Å². The van der Waals surface area contributed by atoms with E-state index in [1.807, 2.05) is 36.4 Å². The van der Waals surface area contributed by atoms with Crippen LogP contribution in [-0.2, 0) is 0 Å². The van der Waals surface area contributed by atoms with Crippen LogP contribution in [0, 0.1) is 0 Å². The van der Waals surface area contributed by atoms with Gasteiger partial charge in [0.1, 0.15) is 5.75 Å². The Morgan fingerprint density at radius 2 is 1.90 bits per heavy atom. The van der Waals surface area contributed by atoms with Crippen molar-refractivity contribution >= 4 is 17.1 Å². The highest BCUT2D eigenvalue weighted by Gasteiger charge is 2.02. The molecule has 20 heavy (non-hydrogen) atoms. The van der Waals surface area contributed by atoms with E-state index in [4.69, 9.17) is 4.74 Å². The molecule has 0 aliphatic rings. The monoisotopic (exact) mass is 270 g/mol. The predicted molar refractivity (Wildman–Crippen MR) is 83.6 cm³/mol. The number of hydrogen-bond acceptors (Lipinski definition) is 2. The zero-order chi connectivity index (χ0) is 14.2. The lowest BCUT2D eigenvalue weighted by atomic mass is 10.1. The molecule has 0 atom stereocenters. The summed E-state index contributed by atoms with van der Waals surface area (Å²) in [5.74, 6) is 0.849. The van der Waals surface area contributed by atoms with Crippen LogP contribution in [0.1, 0.15) is 49.4 Å². The van der Waals surface area contributed by atoms with Gasteiger partial charge >= 0.3 is 0 Å². The van der Waals surface area contributed by atoms with Gasteiger partial charge in [-0.15, -0.1) is 0 Å². The fourth-order valence-corrected chi connectivity index (χ4v) is 2.36. The molecule has 2 rings (SSSR count). The first-order chi connectivity index (χ1) is 9.85. The number of unbranched alkanes of at least 4 members (excludes halogenated alkanes) is 4. The second-order valence-corrected chi connectivity index (χ2v) is 5.11. The second kappa shape index (κ2) is 7.68. The van der Waals surface area contributed by atoms with Crippen molar-refractivity contribution in [1.82, 2.24) is 0 Å². The van der Waals surface area contributed by atoms with E-state index in [1.54, 1.807) is 0 Å². The number of fused-ring (bicyclic) bond motifs is 1. The van der Waals surface area contributed by atoms with E-state index in [1.165, 1.54) is 25.7 Å². The molecule has 0 N–H and O–H groups in total. The van der Waals surface area contributed by atoms with Crippen LogP contribution in [0.25, 0.3) is 10.8 Å². The molecule has 0 aliphatic carbocycles. The topological polar surface area (TPSA) is 26.3 Å². The summed E-state index contributed by atoms with van der Waals surface area (Å²) in [7, 11) is 0. The molecule has 2 nitrogen and oxygen atoms in total. The van der Waals surface area contributed by atoms with E-state index in [9.17, 15) is 4.79 Å². The molecule has 2 aromatic carbocycles. The summed E-state index contributed by atoms with van der Waals surface area (Å²) in [6.45, 7) is 2.97. The Labute approximate surface area is 120 Å². The van der Waals surface area contributed by atoms with E-state index < -0.39 is 0 Å². The van der Waals surface area contributed by atoms with Crippen LogP contribution in [-0.4, -0.2) is 12.9 Å². The maximum Gasteiger partial charge on any atom is 0.150 e. The molecular weight excluding hydrogens is 248 g/mol. The minimum Gasteiger partial charge on any atom is -0.494 e. The van der Waals surface area contributed by atoms with E-state index in [0.29, 0.717) is 0 Å². The summed E-state index contributed by atoms with van der Waals surface area (Å²) in [4.78, 5) is 11.1. The van der Waals surface area contributed by atoms with Gasteiger partial charge in [0.2, 0.25) is 0 Å². The van der Waals surface area contributed by atoms with Crippen molar-refractivity contribution in [3.05, 3.63) is 42.0 Å². The number of benzene rings is 2. The molecule has 0 bridgehead atoms. The molecule has 2 aromatic rings. The first-order valence-electron chi connectivity index (χ1n) is 7.46. The average Bonchev–Trinajstić information content (AvgIpc) is 2.50. The number of rotatable bonds is 8. The van der Waals surface area contributed by atoms with E-state index in [2.05, 4.69) is 6.92 Å². The molecule has 0 spiro atoms. The molecule has 0 heterocycles. The summed E-state index contributed by atoms with van der Waals surface area (Å²) in [6.07, 6.45) is 7.07. The van der Waals surface area contributed by atoms with E-state index in [-0.39, 0.29) is 0 Å². The van der Waals surface area contributed by atoms with Gasteiger partial charge in [0.15, 0.2) is 6.29 Å². The number of ether oxygens (including phenoxy) is 1. The van der Waals surface area contributed by atoms with Crippen molar-refractivity contribution in [2.24, 2.45) is 0 Å². The molecule has 2 heteroatoms. The van der Waals surface area contributed by atoms with Crippen molar-refractivity contribution in [1.29, 1.82) is 0 Å². The average molecular weight is 270 g/mol. The van der Waals surface area contributed by atoms with Crippen LogP contribution >= 0.6 is 0 Å². The molecule has 0 saturated carbocycles. The maximum atomic E-state index is 11.1.